The second-order valence-corrected chi connectivity index (χ2v) is 5.11. The van der Waals surface area contributed by atoms with E-state index < -0.39 is 0 Å². The number of fused-ring (bicyclic) bond motifs is 1. The molecule has 4 nitrogen and oxygen atoms in total. The average Bonchev–Trinajstić information content (AvgIpc) is 2.61. The van der Waals surface area contributed by atoms with E-state index in [9.17, 15) is 4.79 Å². The van der Waals surface area contributed by atoms with Gasteiger partial charge in [-0.05, 0) is 17.5 Å². The number of ether oxygens (including phenoxy) is 2. The summed E-state index contributed by atoms with van der Waals surface area (Å²) < 4.78 is 11.5. The number of halogens is 1. The van der Waals surface area contributed by atoms with E-state index in [-0.39, 0.29) is 12.5 Å². The molecule has 5 heteroatoms. The number of rotatable bonds is 3. The summed E-state index contributed by atoms with van der Waals surface area (Å²) >= 11 is 6.23. The van der Waals surface area contributed by atoms with Gasteiger partial charge in [0.2, 0.25) is 6.08 Å². The van der Waals surface area contributed by atoms with Crippen molar-refractivity contribution in [3.63, 3.8) is 0 Å². The zero-order chi connectivity index (χ0) is 13.8. The summed E-state index contributed by atoms with van der Waals surface area (Å²) in [7, 11) is 0. The fourth-order valence-corrected chi connectivity index (χ4v) is 2.51. The Morgan fingerprint density at radius 2 is 2.05 bits per heavy atom. The monoisotopic (exact) mass is 281 g/mol. The fourth-order valence-electron chi connectivity index (χ4n) is 2.24. The van der Waals surface area contributed by atoms with E-state index >= 15 is 0 Å². The van der Waals surface area contributed by atoms with Gasteiger partial charge in [0.1, 0.15) is 0 Å². The van der Waals surface area contributed by atoms with Crippen molar-refractivity contribution >= 4 is 17.7 Å². The van der Waals surface area contributed by atoms with Crippen molar-refractivity contribution in [2.24, 2.45) is 4.99 Å². The Bertz CT molecular complexity index is 522. The molecular weight excluding hydrogens is 266 g/mol. The van der Waals surface area contributed by atoms with Crippen molar-refractivity contribution in [2.75, 3.05) is 13.2 Å². The first-order chi connectivity index (χ1) is 9.15. The van der Waals surface area contributed by atoms with Gasteiger partial charge >= 0.3 is 0 Å². The van der Waals surface area contributed by atoms with E-state index in [4.69, 9.17) is 21.1 Å². The smallest absolute Gasteiger partial charge is 0.235 e. The quantitative estimate of drug-likeness (QED) is 0.630. The van der Waals surface area contributed by atoms with E-state index in [0.717, 1.165) is 17.5 Å². The SMILES string of the molecule is CC(C)c1c(CN=C=O)cc(Cl)c2c1OCCCO2. The van der Waals surface area contributed by atoms with Gasteiger partial charge in [-0.2, -0.15) is 0 Å². The molecule has 0 aromatic heterocycles. The molecule has 0 radical (unpaired) electrons. The fraction of sp³-hybridized carbons (Fsp3) is 0.500. The lowest BCUT2D eigenvalue weighted by molar-refractivity contribution is 0.295. The Labute approximate surface area is 117 Å². The lowest BCUT2D eigenvalue weighted by Gasteiger charge is -2.19. The van der Waals surface area contributed by atoms with Crippen LogP contribution in [0, 0.1) is 0 Å². The molecule has 1 aliphatic rings. The van der Waals surface area contributed by atoms with Crippen molar-refractivity contribution in [1.29, 1.82) is 0 Å². The normalized spacial score (nSPS) is 13.9. The molecular formula is C14H16ClNO3. The Kier molecular flexibility index (Phi) is 4.46. The van der Waals surface area contributed by atoms with E-state index in [1.165, 1.54) is 0 Å². The highest BCUT2D eigenvalue weighted by molar-refractivity contribution is 6.32. The van der Waals surface area contributed by atoms with E-state index in [0.29, 0.717) is 29.7 Å². The highest BCUT2D eigenvalue weighted by Crippen LogP contribution is 2.44. The number of nitrogens with zero attached hydrogens (tertiary/aromatic N) is 1. The molecule has 102 valence electrons. The van der Waals surface area contributed by atoms with Crippen molar-refractivity contribution in [1.82, 2.24) is 0 Å². The summed E-state index contributed by atoms with van der Waals surface area (Å²) in [4.78, 5) is 13.9. The largest absolute Gasteiger partial charge is 0.489 e. The first kappa shape index (κ1) is 13.9. The van der Waals surface area contributed by atoms with Gasteiger partial charge < -0.3 is 9.47 Å². The highest BCUT2D eigenvalue weighted by atomic mass is 35.5. The second kappa shape index (κ2) is 6.09. The molecule has 19 heavy (non-hydrogen) atoms. The molecule has 1 aromatic carbocycles. The van der Waals surface area contributed by atoms with Crippen LogP contribution in [-0.4, -0.2) is 19.3 Å². The van der Waals surface area contributed by atoms with Crippen LogP contribution in [-0.2, 0) is 11.3 Å². The topological polar surface area (TPSA) is 47.9 Å². The Hall–Kier alpha value is -1.51. The molecule has 0 saturated heterocycles. The summed E-state index contributed by atoms with van der Waals surface area (Å²) in [6.07, 6.45) is 2.38. The first-order valence-corrected chi connectivity index (χ1v) is 6.67. The molecule has 0 bridgehead atoms. The van der Waals surface area contributed by atoms with Crippen LogP contribution < -0.4 is 9.47 Å². The molecule has 2 rings (SSSR count). The van der Waals surface area contributed by atoms with Gasteiger partial charge in [0.05, 0.1) is 24.8 Å². The predicted molar refractivity (Wildman–Crippen MR) is 73.0 cm³/mol. The first-order valence-electron chi connectivity index (χ1n) is 6.29. The van der Waals surface area contributed by atoms with Crippen LogP contribution in [0.2, 0.25) is 5.02 Å². The zero-order valence-corrected chi connectivity index (χ0v) is 11.8. The third-order valence-corrected chi connectivity index (χ3v) is 3.27. The van der Waals surface area contributed by atoms with Crippen LogP contribution in [0.3, 0.4) is 0 Å². The van der Waals surface area contributed by atoms with Gasteiger partial charge in [0, 0.05) is 12.0 Å². The van der Waals surface area contributed by atoms with E-state index in [2.05, 4.69) is 18.8 Å². The van der Waals surface area contributed by atoms with Crippen LogP contribution in [0.4, 0.5) is 0 Å². The predicted octanol–water partition coefficient (Wildman–Crippen LogP) is 3.46. The molecule has 0 amide bonds. The van der Waals surface area contributed by atoms with Crippen LogP contribution >= 0.6 is 11.6 Å². The van der Waals surface area contributed by atoms with Gasteiger partial charge in [-0.15, -0.1) is 0 Å². The minimum atomic E-state index is 0.226. The Morgan fingerprint density at radius 1 is 1.37 bits per heavy atom. The standard InChI is InChI=1S/C14H16ClNO3/c1-9(2)12-10(7-16-8-17)6-11(15)13-14(12)19-5-3-4-18-13/h6,9H,3-5,7H2,1-2H3. The van der Waals surface area contributed by atoms with E-state index in [1.54, 1.807) is 12.1 Å². The van der Waals surface area contributed by atoms with E-state index in [1.807, 2.05) is 0 Å². The van der Waals surface area contributed by atoms with Crippen molar-refractivity contribution in [3.8, 4) is 11.5 Å². The maximum atomic E-state index is 10.3. The summed E-state index contributed by atoms with van der Waals surface area (Å²) in [6, 6.07) is 1.80. The van der Waals surface area contributed by atoms with Gasteiger partial charge in [0.25, 0.3) is 0 Å². The molecule has 0 spiro atoms. The molecule has 1 aromatic rings. The zero-order valence-electron chi connectivity index (χ0n) is 11.0. The van der Waals surface area contributed by atoms with Gasteiger partial charge in [-0.25, -0.2) is 9.79 Å². The number of hydrogen-bond acceptors (Lipinski definition) is 4. The summed E-state index contributed by atoms with van der Waals surface area (Å²) in [5, 5.41) is 0.498. The number of hydrogen-bond donors (Lipinski definition) is 0. The van der Waals surface area contributed by atoms with Crippen LogP contribution in [0.15, 0.2) is 11.1 Å². The number of isocyanates is 1. The van der Waals surface area contributed by atoms with Crippen molar-refractivity contribution in [2.45, 2.75) is 32.7 Å². The third kappa shape index (κ3) is 2.91. The van der Waals surface area contributed by atoms with Gasteiger partial charge in [-0.3, -0.25) is 0 Å². The maximum Gasteiger partial charge on any atom is 0.235 e. The lowest BCUT2D eigenvalue weighted by Crippen LogP contribution is -2.03. The van der Waals surface area contributed by atoms with Crippen LogP contribution in [0.1, 0.15) is 37.3 Å². The molecule has 0 N–H and O–H groups in total. The molecule has 0 unspecified atom stereocenters. The minimum Gasteiger partial charge on any atom is -0.489 e. The second-order valence-electron chi connectivity index (χ2n) is 4.70. The number of carbonyl (C=O) groups excluding carboxylic acids is 1. The van der Waals surface area contributed by atoms with Crippen molar-refractivity contribution < 1.29 is 14.3 Å². The Morgan fingerprint density at radius 3 is 2.68 bits per heavy atom. The maximum absolute atomic E-state index is 10.3. The highest BCUT2D eigenvalue weighted by Gasteiger charge is 2.23. The molecule has 1 aliphatic heterocycles. The Balaban J connectivity index is 2.59. The summed E-state index contributed by atoms with van der Waals surface area (Å²) in [5.74, 6) is 1.52. The lowest BCUT2D eigenvalue weighted by atomic mass is 9.95. The van der Waals surface area contributed by atoms with Gasteiger partial charge in [0.15, 0.2) is 11.5 Å². The average molecular weight is 282 g/mol. The van der Waals surface area contributed by atoms with Gasteiger partial charge in [-0.1, -0.05) is 25.4 Å². The molecule has 1 heterocycles. The third-order valence-electron chi connectivity index (χ3n) is 2.99. The molecule has 0 fully saturated rings. The molecule has 0 saturated carbocycles. The number of benzene rings is 1. The minimum absolute atomic E-state index is 0.226. The molecule has 0 aliphatic carbocycles. The van der Waals surface area contributed by atoms with Crippen LogP contribution in [0.5, 0.6) is 11.5 Å². The van der Waals surface area contributed by atoms with Crippen LogP contribution in [0.25, 0.3) is 0 Å². The summed E-state index contributed by atoms with van der Waals surface area (Å²) in [6.45, 7) is 5.57. The number of aliphatic imine (C=N–C) groups is 1. The van der Waals surface area contributed by atoms with Crippen molar-refractivity contribution in [3.05, 3.63) is 22.2 Å². The molecule has 0 atom stereocenters. The summed E-state index contributed by atoms with van der Waals surface area (Å²) in [5.41, 5.74) is 1.88.